The predicted octanol–water partition coefficient (Wildman–Crippen LogP) is 3.38. The predicted molar refractivity (Wildman–Crippen MR) is 79.5 cm³/mol. The largest absolute Gasteiger partial charge is 0.384 e. The molecule has 104 valence electrons. The van der Waals surface area contributed by atoms with Crippen LogP contribution in [0.2, 0.25) is 0 Å². The highest BCUT2D eigenvalue weighted by atomic mass is 16.2. The molecule has 2 rings (SSSR count). The van der Waals surface area contributed by atoms with Crippen molar-refractivity contribution < 1.29 is 4.79 Å². The number of para-hydroxylation sites is 1. The number of rotatable bonds is 4. The lowest BCUT2D eigenvalue weighted by Gasteiger charge is -2.31. The highest BCUT2D eigenvalue weighted by Crippen LogP contribution is 2.22. The van der Waals surface area contributed by atoms with Gasteiger partial charge in [0.15, 0.2) is 0 Å². The molecule has 1 atom stereocenters. The van der Waals surface area contributed by atoms with Gasteiger partial charge in [-0.25, -0.2) is 0 Å². The average molecular weight is 260 g/mol. The second-order valence-electron chi connectivity index (χ2n) is 5.47. The molecule has 1 aromatic carbocycles. The Bertz CT molecular complexity index is 431. The van der Waals surface area contributed by atoms with Gasteiger partial charge in [0, 0.05) is 25.3 Å². The van der Waals surface area contributed by atoms with Crippen molar-refractivity contribution in [1.82, 2.24) is 4.90 Å². The Kier molecular flexibility index (Phi) is 4.83. The molecule has 1 fully saturated rings. The molecule has 1 saturated heterocycles. The van der Waals surface area contributed by atoms with E-state index >= 15 is 0 Å². The molecule has 1 N–H and O–H groups in total. The lowest BCUT2D eigenvalue weighted by molar-refractivity contribution is 0.0684. The molecule has 0 spiro atoms. The van der Waals surface area contributed by atoms with Gasteiger partial charge in [-0.2, -0.15) is 0 Å². The monoisotopic (exact) mass is 260 g/mol. The number of piperidine rings is 1. The first-order chi connectivity index (χ1) is 9.22. The summed E-state index contributed by atoms with van der Waals surface area (Å²) in [6.45, 7) is 7.04. The first-order valence-electron chi connectivity index (χ1n) is 7.34. The van der Waals surface area contributed by atoms with Crippen LogP contribution in [0.3, 0.4) is 0 Å². The summed E-state index contributed by atoms with van der Waals surface area (Å²) in [5.74, 6) is 0.791. The normalized spacial score (nSPS) is 19.3. The van der Waals surface area contributed by atoms with Crippen LogP contribution in [0.25, 0.3) is 0 Å². The van der Waals surface area contributed by atoms with Crippen molar-refractivity contribution in [3.05, 3.63) is 29.8 Å². The summed E-state index contributed by atoms with van der Waals surface area (Å²) in [5, 5.41) is 3.35. The number of nitrogens with one attached hydrogen (secondary N) is 1. The summed E-state index contributed by atoms with van der Waals surface area (Å²) in [6, 6.07) is 7.85. The van der Waals surface area contributed by atoms with E-state index in [9.17, 15) is 4.79 Å². The van der Waals surface area contributed by atoms with Crippen molar-refractivity contribution in [3.63, 3.8) is 0 Å². The number of carbonyl (C=O) groups excluding carboxylic acids is 1. The third kappa shape index (κ3) is 3.49. The van der Waals surface area contributed by atoms with Gasteiger partial charge in [-0.15, -0.1) is 0 Å². The molecule has 0 aliphatic carbocycles. The van der Waals surface area contributed by atoms with Crippen LogP contribution in [0.1, 0.15) is 43.5 Å². The van der Waals surface area contributed by atoms with Gasteiger partial charge in [0.1, 0.15) is 0 Å². The van der Waals surface area contributed by atoms with Crippen molar-refractivity contribution in [1.29, 1.82) is 0 Å². The Labute approximate surface area is 116 Å². The van der Waals surface area contributed by atoms with Crippen LogP contribution in [0.15, 0.2) is 24.3 Å². The highest BCUT2D eigenvalue weighted by molar-refractivity contribution is 5.99. The van der Waals surface area contributed by atoms with Crippen LogP contribution in [-0.4, -0.2) is 30.4 Å². The molecule has 0 bridgehead atoms. The van der Waals surface area contributed by atoms with E-state index in [1.807, 2.05) is 29.2 Å². The lowest BCUT2D eigenvalue weighted by atomic mass is 9.99. The third-order valence-electron chi connectivity index (χ3n) is 3.67. The topological polar surface area (TPSA) is 32.3 Å². The molecule has 1 aromatic rings. The molecule has 1 aliphatic heterocycles. The van der Waals surface area contributed by atoms with Crippen LogP contribution in [-0.2, 0) is 0 Å². The Balaban J connectivity index is 2.13. The summed E-state index contributed by atoms with van der Waals surface area (Å²) >= 11 is 0. The van der Waals surface area contributed by atoms with E-state index in [1.165, 1.54) is 6.42 Å². The Morgan fingerprint density at radius 2 is 2.21 bits per heavy atom. The summed E-state index contributed by atoms with van der Waals surface area (Å²) in [6.07, 6.45) is 3.42. The maximum Gasteiger partial charge on any atom is 0.255 e. The van der Waals surface area contributed by atoms with Crippen LogP contribution in [0.5, 0.6) is 0 Å². The van der Waals surface area contributed by atoms with Crippen LogP contribution >= 0.6 is 0 Å². The first kappa shape index (κ1) is 13.9. The van der Waals surface area contributed by atoms with E-state index in [0.717, 1.165) is 43.7 Å². The van der Waals surface area contributed by atoms with E-state index < -0.39 is 0 Å². The molecule has 0 radical (unpaired) electrons. The Morgan fingerprint density at radius 1 is 1.42 bits per heavy atom. The zero-order chi connectivity index (χ0) is 13.7. The number of anilines is 1. The zero-order valence-electron chi connectivity index (χ0n) is 12.0. The number of amides is 1. The lowest BCUT2D eigenvalue weighted by Crippen LogP contribution is -2.39. The molecule has 0 saturated carbocycles. The Hall–Kier alpha value is -1.51. The molecule has 1 unspecified atom stereocenters. The number of benzene rings is 1. The van der Waals surface area contributed by atoms with E-state index in [1.54, 1.807) is 0 Å². The van der Waals surface area contributed by atoms with Crippen molar-refractivity contribution in [3.8, 4) is 0 Å². The number of carbonyl (C=O) groups is 1. The maximum atomic E-state index is 12.6. The van der Waals surface area contributed by atoms with Gasteiger partial charge < -0.3 is 10.2 Å². The van der Waals surface area contributed by atoms with E-state index in [0.29, 0.717) is 5.92 Å². The van der Waals surface area contributed by atoms with Crippen LogP contribution < -0.4 is 5.32 Å². The molecular weight excluding hydrogens is 236 g/mol. The SMILES string of the molecule is CCCNc1ccccc1C(=O)N1CCCC(C)C1. The van der Waals surface area contributed by atoms with Gasteiger partial charge in [0.25, 0.3) is 5.91 Å². The van der Waals surface area contributed by atoms with Gasteiger partial charge in [0.05, 0.1) is 5.56 Å². The number of likely N-dealkylation sites (tertiary alicyclic amines) is 1. The number of nitrogens with zero attached hydrogens (tertiary/aromatic N) is 1. The smallest absolute Gasteiger partial charge is 0.255 e. The maximum absolute atomic E-state index is 12.6. The second-order valence-corrected chi connectivity index (χ2v) is 5.47. The van der Waals surface area contributed by atoms with E-state index in [-0.39, 0.29) is 5.91 Å². The third-order valence-corrected chi connectivity index (χ3v) is 3.67. The van der Waals surface area contributed by atoms with Gasteiger partial charge in [-0.1, -0.05) is 26.0 Å². The fraction of sp³-hybridized carbons (Fsp3) is 0.562. The van der Waals surface area contributed by atoms with Crippen molar-refractivity contribution in [2.75, 3.05) is 25.0 Å². The standard InChI is InChI=1S/C16H24N2O/c1-3-10-17-15-9-5-4-8-14(15)16(19)18-11-6-7-13(2)12-18/h4-5,8-9,13,17H,3,6-7,10-12H2,1-2H3. The number of hydrogen-bond acceptors (Lipinski definition) is 2. The van der Waals surface area contributed by atoms with E-state index in [2.05, 4.69) is 19.2 Å². The van der Waals surface area contributed by atoms with Gasteiger partial charge in [-0.3, -0.25) is 4.79 Å². The highest BCUT2D eigenvalue weighted by Gasteiger charge is 2.23. The quantitative estimate of drug-likeness (QED) is 0.900. The Morgan fingerprint density at radius 3 is 2.95 bits per heavy atom. The molecule has 0 aromatic heterocycles. The van der Waals surface area contributed by atoms with Gasteiger partial charge in [0.2, 0.25) is 0 Å². The molecular formula is C16H24N2O. The molecule has 3 nitrogen and oxygen atoms in total. The van der Waals surface area contributed by atoms with E-state index in [4.69, 9.17) is 0 Å². The molecule has 1 amide bonds. The average Bonchev–Trinajstić information content (AvgIpc) is 2.44. The first-order valence-corrected chi connectivity index (χ1v) is 7.34. The fourth-order valence-electron chi connectivity index (χ4n) is 2.63. The fourth-order valence-corrected chi connectivity index (χ4v) is 2.63. The van der Waals surface area contributed by atoms with Gasteiger partial charge >= 0.3 is 0 Å². The summed E-state index contributed by atoms with van der Waals surface area (Å²) in [5.41, 5.74) is 1.78. The van der Waals surface area contributed by atoms with Crippen molar-refractivity contribution in [2.45, 2.75) is 33.1 Å². The van der Waals surface area contributed by atoms with Crippen LogP contribution in [0.4, 0.5) is 5.69 Å². The summed E-state index contributed by atoms with van der Waals surface area (Å²) in [4.78, 5) is 14.6. The molecule has 19 heavy (non-hydrogen) atoms. The van der Waals surface area contributed by atoms with Gasteiger partial charge in [-0.05, 0) is 37.3 Å². The number of hydrogen-bond donors (Lipinski definition) is 1. The summed E-state index contributed by atoms with van der Waals surface area (Å²) in [7, 11) is 0. The minimum Gasteiger partial charge on any atom is -0.384 e. The van der Waals surface area contributed by atoms with Crippen LogP contribution in [0, 0.1) is 5.92 Å². The summed E-state index contributed by atoms with van der Waals surface area (Å²) < 4.78 is 0. The minimum atomic E-state index is 0.172. The van der Waals surface area contributed by atoms with Crippen molar-refractivity contribution >= 4 is 11.6 Å². The van der Waals surface area contributed by atoms with Crippen molar-refractivity contribution in [2.24, 2.45) is 5.92 Å². The zero-order valence-corrected chi connectivity index (χ0v) is 12.0. The molecule has 1 heterocycles. The second kappa shape index (κ2) is 6.60. The minimum absolute atomic E-state index is 0.172. The molecule has 3 heteroatoms. The molecule has 1 aliphatic rings.